The molecule has 0 aliphatic carbocycles. The second-order valence-electron chi connectivity index (χ2n) is 6.22. The highest BCUT2D eigenvalue weighted by Crippen LogP contribution is 2.28. The summed E-state index contributed by atoms with van der Waals surface area (Å²) in [5.74, 6) is 0.872. The number of carbonyl (C=O) groups excluding carboxylic acids is 1. The van der Waals surface area contributed by atoms with E-state index in [1.54, 1.807) is 6.26 Å². The van der Waals surface area contributed by atoms with Crippen LogP contribution in [-0.2, 0) is 17.8 Å². The molecule has 0 radical (unpaired) electrons. The average Bonchev–Trinajstić information content (AvgIpc) is 3.31. The number of fused-ring (bicyclic) bond motifs is 1. The maximum absolute atomic E-state index is 12.5. The van der Waals surface area contributed by atoms with Gasteiger partial charge in [0.1, 0.15) is 12.3 Å². The fraction of sp³-hybridized carbons (Fsp3) is 0.136. The van der Waals surface area contributed by atoms with Gasteiger partial charge in [0.15, 0.2) is 0 Å². The van der Waals surface area contributed by atoms with Crippen molar-refractivity contribution in [1.82, 2.24) is 9.88 Å². The van der Waals surface area contributed by atoms with Crippen LogP contribution >= 0.6 is 0 Å². The summed E-state index contributed by atoms with van der Waals surface area (Å²) in [5, 5.41) is 4.12. The van der Waals surface area contributed by atoms with Crippen LogP contribution in [0.25, 0.3) is 22.2 Å². The number of rotatable bonds is 6. The highest BCUT2D eigenvalue weighted by Gasteiger charge is 2.13. The van der Waals surface area contributed by atoms with Gasteiger partial charge in [-0.25, -0.2) is 0 Å². The summed E-state index contributed by atoms with van der Waals surface area (Å²) < 4.78 is 7.38. The molecule has 0 bridgehead atoms. The third-order valence-electron chi connectivity index (χ3n) is 4.46. The van der Waals surface area contributed by atoms with Crippen LogP contribution in [-0.4, -0.2) is 17.0 Å². The van der Waals surface area contributed by atoms with E-state index in [4.69, 9.17) is 4.42 Å². The second-order valence-corrected chi connectivity index (χ2v) is 6.22. The zero-order valence-corrected chi connectivity index (χ0v) is 14.4. The molecule has 2 aromatic heterocycles. The highest BCUT2D eigenvalue weighted by molar-refractivity contribution is 5.89. The molecule has 1 amide bonds. The molecule has 4 heteroatoms. The molecule has 1 N–H and O–H groups in total. The van der Waals surface area contributed by atoms with Crippen molar-refractivity contribution in [1.29, 1.82) is 0 Å². The fourth-order valence-corrected chi connectivity index (χ4v) is 3.21. The summed E-state index contributed by atoms with van der Waals surface area (Å²) in [6.07, 6.45) is 2.34. The van der Waals surface area contributed by atoms with E-state index in [-0.39, 0.29) is 12.5 Å². The maximum atomic E-state index is 12.5. The smallest absolute Gasteiger partial charge is 0.239 e. The zero-order chi connectivity index (χ0) is 17.8. The Morgan fingerprint density at radius 1 is 0.962 bits per heavy atom. The van der Waals surface area contributed by atoms with Crippen molar-refractivity contribution in [3.8, 4) is 11.3 Å². The predicted octanol–water partition coefficient (Wildman–Crippen LogP) is 4.26. The van der Waals surface area contributed by atoms with Crippen LogP contribution in [0.2, 0.25) is 0 Å². The lowest BCUT2D eigenvalue weighted by Crippen LogP contribution is -2.29. The van der Waals surface area contributed by atoms with Crippen LogP contribution in [0.1, 0.15) is 5.76 Å². The van der Waals surface area contributed by atoms with Gasteiger partial charge in [0.05, 0.1) is 6.26 Å². The van der Waals surface area contributed by atoms with Gasteiger partial charge in [-0.1, -0.05) is 48.5 Å². The number of amides is 1. The van der Waals surface area contributed by atoms with E-state index in [9.17, 15) is 4.79 Å². The molecular formula is C22H20N2O2. The van der Waals surface area contributed by atoms with E-state index < -0.39 is 0 Å². The Bertz CT molecular complexity index is 1000. The molecule has 0 spiro atoms. The van der Waals surface area contributed by atoms with Crippen LogP contribution in [0.15, 0.2) is 83.5 Å². The molecule has 0 aliphatic rings. The number of aromatic nitrogens is 1. The lowest BCUT2D eigenvalue weighted by molar-refractivity contribution is -0.121. The first kappa shape index (κ1) is 16.2. The first-order valence-electron chi connectivity index (χ1n) is 8.74. The van der Waals surface area contributed by atoms with Crippen LogP contribution < -0.4 is 5.32 Å². The molecule has 130 valence electrons. The normalized spacial score (nSPS) is 10.9. The molecule has 4 rings (SSSR count). The van der Waals surface area contributed by atoms with Crippen molar-refractivity contribution in [2.75, 3.05) is 6.54 Å². The molecular weight excluding hydrogens is 324 g/mol. The average molecular weight is 344 g/mol. The van der Waals surface area contributed by atoms with Gasteiger partial charge >= 0.3 is 0 Å². The largest absolute Gasteiger partial charge is 0.469 e. The topological polar surface area (TPSA) is 47.2 Å². The molecule has 0 atom stereocenters. The number of hydrogen-bond acceptors (Lipinski definition) is 2. The van der Waals surface area contributed by atoms with Gasteiger partial charge in [-0.15, -0.1) is 0 Å². The minimum atomic E-state index is -0.00455. The SMILES string of the molecule is O=C(Cn1c(-c2ccccc2)cc2ccccc21)NCCc1ccco1. The monoisotopic (exact) mass is 344 g/mol. The van der Waals surface area contributed by atoms with Crippen molar-refractivity contribution in [2.24, 2.45) is 0 Å². The van der Waals surface area contributed by atoms with Gasteiger partial charge in [-0.05, 0) is 29.8 Å². The molecule has 0 saturated carbocycles. The quantitative estimate of drug-likeness (QED) is 0.568. The lowest BCUT2D eigenvalue weighted by Gasteiger charge is -2.11. The number of furan rings is 1. The molecule has 0 aliphatic heterocycles. The van der Waals surface area contributed by atoms with E-state index >= 15 is 0 Å². The molecule has 0 saturated heterocycles. The predicted molar refractivity (Wildman–Crippen MR) is 103 cm³/mol. The number of para-hydroxylation sites is 1. The van der Waals surface area contributed by atoms with Crippen LogP contribution in [0.5, 0.6) is 0 Å². The molecule has 4 nitrogen and oxygen atoms in total. The summed E-state index contributed by atoms with van der Waals surface area (Å²) in [5.41, 5.74) is 3.22. The standard InChI is InChI=1S/C22H20N2O2/c25-22(23-13-12-19-10-6-14-26-19)16-24-20-11-5-4-9-18(20)15-21(24)17-7-2-1-3-8-17/h1-11,14-15H,12-13,16H2,(H,23,25). The van der Waals surface area contributed by atoms with Gasteiger partial charge < -0.3 is 14.3 Å². The van der Waals surface area contributed by atoms with Crippen LogP contribution in [0.4, 0.5) is 0 Å². The van der Waals surface area contributed by atoms with Crippen LogP contribution in [0, 0.1) is 0 Å². The maximum Gasteiger partial charge on any atom is 0.239 e. The van der Waals surface area contributed by atoms with E-state index in [0.717, 1.165) is 27.9 Å². The Labute approximate surface area is 152 Å². The number of benzene rings is 2. The van der Waals surface area contributed by atoms with Crippen molar-refractivity contribution >= 4 is 16.8 Å². The van der Waals surface area contributed by atoms with Crippen molar-refractivity contribution in [2.45, 2.75) is 13.0 Å². The Balaban J connectivity index is 1.55. The van der Waals surface area contributed by atoms with Crippen molar-refractivity contribution in [3.05, 3.63) is 84.8 Å². The Morgan fingerprint density at radius 3 is 2.58 bits per heavy atom. The zero-order valence-electron chi connectivity index (χ0n) is 14.4. The number of carbonyl (C=O) groups is 1. The molecule has 2 heterocycles. The third-order valence-corrected chi connectivity index (χ3v) is 4.46. The van der Waals surface area contributed by atoms with Crippen LogP contribution in [0.3, 0.4) is 0 Å². The minimum absolute atomic E-state index is 0.00455. The highest BCUT2D eigenvalue weighted by atomic mass is 16.3. The molecule has 4 aromatic rings. The minimum Gasteiger partial charge on any atom is -0.469 e. The Hall–Kier alpha value is -3.27. The summed E-state index contributed by atoms with van der Waals surface area (Å²) in [6.45, 7) is 0.849. The van der Waals surface area contributed by atoms with Crippen molar-refractivity contribution in [3.63, 3.8) is 0 Å². The molecule has 0 unspecified atom stereocenters. The van der Waals surface area contributed by atoms with Gasteiger partial charge in [0, 0.05) is 29.6 Å². The first-order chi connectivity index (χ1) is 12.8. The van der Waals surface area contributed by atoms with E-state index in [2.05, 4.69) is 40.2 Å². The summed E-state index contributed by atoms with van der Waals surface area (Å²) in [6, 6.07) is 24.2. The van der Waals surface area contributed by atoms with Crippen molar-refractivity contribution < 1.29 is 9.21 Å². The first-order valence-corrected chi connectivity index (χ1v) is 8.74. The molecule has 2 aromatic carbocycles. The van der Waals surface area contributed by atoms with E-state index in [1.807, 2.05) is 42.5 Å². The van der Waals surface area contributed by atoms with E-state index in [1.165, 1.54) is 0 Å². The second kappa shape index (κ2) is 7.31. The van der Waals surface area contributed by atoms with Gasteiger partial charge in [0.2, 0.25) is 5.91 Å². The molecule has 26 heavy (non-hydrogen) atoms. The van der Waals surface area contributed by atoms with Gasteiger partial charge in [-0.3, -0.25) is 4.79 Å². The summed E-state index contributed by atoms with van der Waals surface area (Å²) in [7, 11) is 0. The number of nitrogens with one attached hydrogen (secondary N) is 1. The van der Waals surface area contributed by atoms with E-state index in [0.29, 0.717) is 13.0 Å². The Morgan fingerprint density at radius 2 is 1.77 bits per heavy atom. The summed E-state index contributed by atoms with van der Waals surface area (Å²) in [4.78, 5) is 12.5. The molecule has 0 fully saturated rings. The Kier molecular flexibility index (Phi) is 4.56. The lowest BCUT2D eigenvalue weighted by atomic mass is 10.1. The van der Waals surface area contributed by atoms with Gasteiger partial charge in [-0.2, -0.15) is 0 Å². The summed E-state index contributed by atoms with van der Waals surface area (Å²) >= 11 is 0. The van der Waals surface area contributed by atoms with Gasteiger partial charge in [0.25, 0.3) is 0 Å². The fourth-order valence-electron chi connectivity index (χ4n) is 3.21. The number of hydrogen-bond donors (Lipinski definition) is 1. The number of nitrogens with zero attached hydrogens (tertiary/aromatic N) is 1. The third kappa shape index (κ3) is 3.40.